The van der Waals surface area contributed by atoms with Crippen molar-refractivity contribution in [1.29, 1.82) is 0 Å². The molecule has 62 valence electrons. The number of carboxylic acids is 1. The van der Waals surface area contributed by atoms with Gasteiger partial charge >= 0.3 is 5.97 Å². The number of nitrogens with zero attached hydrogens (tertiary/aromatic N) is 1. The van der Waals surface area contributed by atoms with Gasteiger partial charge in [0.25, 0.3) is 0 Å². The molecule has 0 radical (unpaired) electrons. The van der Waals surface area contributed by atoms with E-state index in [9.17, 15) is 4.79 Å². The van der Waals surface area contributed by atoms with Crippen molar-refractivity contribution in [3.05, 3.63) is 0 Å². The van der Waals surface area contributed by atoms with E-state index in [0.717, 1.165) is 5.84 Å². The second-order valence-corrected chi connectivity index (χ2v) is 2.86. The number of nitrogens with one attached hydrogen (secondary N) is 1. The first-order chi connectivity index (χ1) is 5.11. The van der Waals surface area contributed by atoms with Crippen LogP contribution in [0.5, 0.6) is 0 Å². The number of carbonyl (C=O) groups is 1. The van der Waals surface area contributed by atoms with Gasteiger partial charge in [-0.2, -0.15) is 0 Å². The Kier molecular flexibility index (Phi) is 2.12. The molecule has 1 rings (SSSR count). The summed E-state index contributed by atoms with van der Waals surface area (Å²) in [6, 6.07) is -0.465. The first-order valence-electron chi connectivity index (χ1n) is 3.61. The number of hydrogen-bond acceptors (Lipinski definition) is 3. The Hall–Kier alpha value is -1.06. The van der Waals surface area contributed by atoms with Gasteiger partial charge in [-0.1, -0.05) is 6.92 Å². The second kappa shape index (κ2) is 2.90. The minimum absolute atomic E-state index is 0.0798. The highest BCUT2D eigenvalue weighted by Crippen LogP contribution is 2.08. The zero-order chi connectivity index (χ0) is 8.43. The lowest BCUT2D eigenvalue weighted by Gasteiger charge is -2.25. The van der Waals surface area contributed by atoms with Gasteiger partial charge in [-0.15, -0.1) is 0 Å². The fourth-order valence-electron chi connectivity index (χ4n) is 1.10. The third-order valence-electron chi connectivity index (χ3n) is 1.82. The highest BCUT2D eigenvalue weighted by molar-refractivity contribution is 5.86. The van der Waals surface area contributed by atoms with E-state index in [-0.39, 0.29) is 5.92 Å². The van der Waals surface area contributed by atoms with Gasteiger partial charge in [-0.05, 0) is 6.92 Å². The summed E-state index contributed by atoms with van der Waals surface area (Å²) in [7, 11) is 0. The van der Waals surface area contributed by atoms with Crippen molar-refractivity contribution < 1.29 is 9.90 Å². The molecule has 2 atom stereocenters. The third-order valence-corrected chi connectivity index (χ3v) is 1.82. The minimum atomic E-state index is -0.799. The van der Waals surface area contributed by atoms with Gasteiger partial charge in [0.05, 0.1) is 5.84 Å². The summed E-state index contributed by atoms with van der Waals surface area (Å²) in [6.07, 6.45) is 0. The summed E-state index contributed by atoms with van der Waals surface area (Å²) >= 11 is 0. The van der Waals surface area contributed by atoms with Gasteiger partial charge in [-0.25, -0.2) is 4.79 Å². The molecule has 0 aromatic heterocycles. The van der Waals surface area contributed by atoms with Crippen molar-refractivity contribution in [2.24, 2.45) is 10.9 Å². The third kappa shape index (κ3) is 1.69. The molecule has 1 aliphatic rings. The quantitative estimate of drug-likeness (QED) is 0.566. The number of aliphatic imine (C=N–C) groups is 1. The predicted molar refractivity (Wildman–Crippen MR) is 41.7 cm³/mol. The van der Waals surface area contributed by atoms with Gasteiger partial charge in [0.15, 0.2) is 0 Å². The average molecular weight is 156 g/mol. The van der Waals surface area contributed by atoms with Gasteiger partial charge in [0.1, 0.15) is 6.04 Å². The zero-order valence-corrected chi connectivity index (χ0v) is 6.66. The highest BCUT2D eigenvalue weighted by Gasteiger charge is 2.27. The van der Waals surface area contributed by atoms with Crippen LogP contribution in [0.15, 0.2) is 4.99 Å². The fourth-order valence-corrected chi connectivity index (χ4v) is 1.10. The van der Waals surface area contributed by atoms with E-state index < -0.39 is 12.0 Å². The molecule has 1 aliphatic heterocycles. The molecule has 2 N–H and O–H groups in total. The Morgan fingerprint density at radius 1 is 1.82 bits per heavy atom. The Bertz CT molecular complexity index is 201. The number of rotatable bonds is 1. The van der Waals surface area contributed by atoms with Crippen molar-refractivity contribution in [2.75, 3.05) is 6.54 Å². The van der Waals surface area contributed by atoms with E-state index >= 15 is 0 Å². The zero-order valence-electron chi connectivity index (χ0n) is 6.66. The molecule has 4 nitrogen and oxygen atoms in total. The summed E-state index contributed by atoms with van der Waals surface area (Å²) < 4.78 is 0. The molecule has 0 fully saturated rings. The van der Waals surface area contributed by atoms with Crippen molar-refractivity contribution in [2.45, 2.75) is 19.9 Å². The van der Waals surface area contributed by atoms with Crippen LogP contribution in [0.25, 0.3) is 0 Å². The smallest absolute Gasteiger partial charge is 0.326 e. The lowest BCUT2D eigenvalue weighted by Crippen LogP contribution is -2.48. The van der Waals surface area contributed by atoms with Crippen LogP contribution >= 0.6 is 0 Å². The van der Waals surface area contributed by atoms with Crippen molar-refractivity contribution >= 4 is 11.8 Å². The minimum Gasteiger partial charge on any atom is -0.480 e. The van der Waals surface area contributed by atoms with Crippen LogP contribution in [0.1, 0.15) is 13.8 Å². The van der Waals surface area contributed by atoms with Gasteiger partial charge in [-0.3, -0.25) is 4.99 Å². The Morgan fingerprint density at radius 3 is 2.91 bits per heavy atom. The SMILES string of the molecule is CC1=NC[C@H](C)[C@@H](C(=O)O)N1. The van der Waals surface area contributed by atoms with Crippen molar-refractivity contribution in [3.63, 3.8) is 0 Å². The van der Waals surface area contributed by atoms with E-state index in [1.807, 2.05) is 6.92 Å². The second-order valence-electron chi connectivity index (χ2n) is 2.86. The van der Waals surface area contributed by atoms with Gasteiger partial charge < -0.3 is 10.4 Å². The molecular weight excluding hydrogens is 144 g/mol. The number of amidine groups is 1. The Balaban J connectivity index is 2.67. The van der Waals surface area contributed by atoms with Crippen LogP contribution in [0, 0.1) is 5.92 Å². The van der Waals surface area contributed by atoms with Crippen LogP contribution in [0.4, 0.5) is 0 Å². The van der Waals surface area contributed by atoms with Crippen LogP contribution in [-0.4, -0.2) is 29.5 Å². The fraction of sp³-hybridized carbons (Fsp3) is 0.714. The molecule has 0 spiro atoms. The lowest BCUT2D eigenvalue weighted by molar-refractivity contribution is -0.140. The van der Waals surface area contributed by atoms with E-state index in [2.05, 4.69) is 10.3 Å². The van der Waals surface area contributed by atoms with Crippen molar-refractivity contribution in [3.8, 4) is 0 Å². The predicted octanol–water partition coefficient (Wildman–Crippen LogP) is 0.0973. The maximum absolute atomic E-state index is 10.6. The molecule has 0 amide bonds. The molecular formula is C7H12N2O2. The summed E-state index contributed by atoms with van der Waals surface area (Å²) in [5, 5.41) is 11.5. The molecule has 0 aromatic rings. The summed E-state index contributed by atoms with van der Waals surface area (Å²) in [6.45, 7) is 4.26. The summed E-state index contributed by atoms with van der Waals surface area (Å²) in [4.78, 5) is 14.7. The van der Waals surface area contributed by atoms with E-state index in [1.165, 1.54) is 0 Å². The molecule has 11 heavy (non-hydrogen) atoms. The molecule has 0 unspecified atom stereocenters. The standard InChI is InChI=1S/C7H12N2O2/c1-4-3-8-5(2)9-6(4)7(10)11/h4,6H,3H2,1-2H3,(H,8,9)(H,10,11)/t4-,6-/m0/s1. The monoisotopic (exact) mass is 156 g/mol. The lowest BCUT2D eigenvalue weighted by atomic mass is 10.0. The maximum Gasteiger partial charge on any atom is 0.326 e. The molecule has 4 heteroatoms. The van der Waals surface area contributed by atoms with E-state index in [1.54, 1.807) is 6.92 Å². The van der Waals surface area contributed by atoms with Gasteiger partial charge in [0, 0.05) is 12.5 Å². The number of hydrogen-bond donors (Lipinski definition) is 2. The topological polar surface area (TPSA) is 61.7 Å². The first kappa shape index (κ1) is 8.04. The Morgan fingerprint density at radius 2 is 2.45 bits per heavy atom. The molecule has 0 bridgehead atoms. The van der Waals surface area contributed by atoms with Gasteiger partial charge in [0.2, 0.25) is 0 Å². The molecule has 0 aliphatic carbocycles. The summed E-state index contributed by atoms with van der Waals surface area (Å²) in [5.74, 6) is -0.00144. The van der Waals surface area contributed by atoms with Crippen LogP contribution < -0.4 is 5.32 Å². The highest BCUT2D eigenvalue weighted by atomic mass is 16.4. The van der Waals surface area contributed by atoms with Crippen LogP contribution in [0.3, 0.4) is 0 Å². The largest absolute Gasteiger partial charge is 0.480 e. The number of carboxylic acid groups (broad SMARTS) is 1. The number of aliphatic carboxylic acids is 1. The van der Waals surface area contributed by atoms with E-state index in [4.69, 9.17) is 5.11 Å². The molecule has 0 saturated heterocycles. The van der Waals surface area contributed by atoms with Crippen LogP contribution in [-0.2, 0) is 4.79 Å². The molecule has 0 aromatic carbocycles. The van der Waals surface area contributed by atoms with Crippen molar-refractivity contribution in [1.82, 2.24) is 5.32 Å². The maximum atomic E-state index is 10.6. The average Bonchev–Trinajstić information content (AvgIpc) is 1.94. The molecule has 1 heterocycles. The van der Waals surface area contributed by atoms with E-state index in [0.29, 0.717) is 6.54 Å². The first-order valence-corrected chi connectivity index (χ1v) is 3.61. The normalized spacial score (nSPS) is 30.5. The summed E-state index contributed by atoms with van der Waals surface area (Å²) in [5.41, 5.74) is 0. The molecule has 0 saturated carbocycles. The Labute approximate surface area is 65.3 Å². The van der Waals surface area contributed by atoms with Crippen LogP contribution in [0.2, 0.25) is 0 Å².